The SMILES string of the molecule is CCOC1CCN(C(=O)C2CC[NH2+]CC2)CC1. The van der Waals surface area contributed by atoms with E-state index in [0.29, 0.717) is 17.9 Å². The lowest BCUT2D eigenvalue weighted by Crippen LogP contribution is -2.86. The number of carbonyl (C=O) groups excluding carboxylic acids is 1. The van der Waals surface area contributed by atoms with Crippen LogP contribution in [0.3, 0.4) is 0 Å². The maximum Gasteiger partial charge on any atom is 0.226 e. The summed E-state index contributed by atoms with van der Waals surface area (Å²) in [6.45, 7) is 6.85. The number of quaternary nitrogens is 1. The molecule has 1 amide bonds. The molecule has 2 aliphatic rings. The van der Waals surface area contributed by atoms with E-state index in [9.17, 15) is 4.79 Å². The van der Waals surface area contributed by atoms with Crippen LogP contribution in [0.4, 0.5) is 0 Å². The third kappa shape index (κ3) is 3.42. The first-order chi connectivity index (χ1) is 8.31. The molecule has 4 nitrogen and oxygen atoms in total. The zero-order valence-electron chi connectivity index (χ0n) is 10.9. The van der Waals surface area contributed by atoms with Gasteiger partial charge in [0.1, 0.15) is 0 Å². The van der Waals surface area contributed by atoms with Crippen molar-refractivity contribution in [3.63, 3.8) is 0 Å². The molecular formula is C13H25N2O2+. The lowest BCUT2D eigenvalue weighted by Gasteiger charge is -2.34. The number of ether oxygens (including phenoxy) is 1. The van der Waals surface area contributed by atoms with Gasteiger partial charge in [-0.1, -0.05) is 0 Å². The normalized spacial score (nSPS) is 23.9. The second kappa shape index (κ2) is 6.36. The fraction of sp³-hybridized carbons (Fsp3) is 0.923. The highest BCUT2D eigenvalue weighted by molar-refractivity contribution is 5.79. The minimum Gasteiger partial charge on any atom is -0.378 e. The molecule has 0 atom stereocenters. The number of hydrogen-bond acceptors (Lipinski definition) is 2. The van der Waals surface area contributed by atoms with Crippen LogP contribution < -0.4 is 5.32 Å². The van der Waals surface area contributed by atoms with Crippen molar-refractivity contribution in [3.8, 4) is 0 Å². The van der Waals surface area contributed by atoms with Gasteiger partial charge in [0, 0.05) is 38.5 Å². The first kappa shape index (κ1) is 12.8. The summed E-state index contributed by atoms with van der Waals surface area (Å²) in [4.78, 5) is 14.3. The van der Waals surface area contributed by atoms with E-state index in [1.54, 1.807) is 0 Å². The zero-order valence-corrected chi connectivity index (χ0v) is 10.9. The first-order valence-electron chi connectivity index (χ1n) is 7.03. The summed E-state index contributed by atoms with van der Waals surface area (Å²) in [6.07, 6.45) is 4.52. The number of nitrogens with two attached hydrogens (primary N) is 1. The number of piperidine rings is 2. The second-order valence-electron chi connectivity index (χ2n) is 5.12. The Bertz CT molecular complexity index is 244. The van der Waals surface area contributed by atoms with Crippen molar-refractivity contribution in [2.45, 2.75) is 38.7 Å². The van der Waals surface area contributed by atoms with Crippen LogP contribution >= 0.6 is 0 Å². The fourth-order valence-electron chi connectivity index (χ4n) is 2.91. The molecule has 98 valence electrons. The van der Waals surface area contributed by atoms with E-state index in [0.717, 1.165) is 58.5 Å². The van der Waals surface area contributed by atoms with Crippen LogP contribution in [0.5, 0.6) is 0 Å². The number of rotatable bonds is 3. The molecule has 0 bridgehead atoms. The Morgan fingerprint density at radius 2 is 1.88 bits per heavy atom. The van der Waals surface area contributed by atoms with E-state index in [4.69, 9.17) is 4.74 Å². The average Bonchev–Trinajstić information content (AvgIpc) is 2.40. The van der Waals surface area contributed by atoms with Crippen LogP contribution in [0.25, 0.3) is 0 Å². The van der Waals surface area contributed by atoms with Crippen LogP contribution in [-0.4, -0.2) is 49.7 Å². The molecule has 2 saturated heterocycles. The zero-order chi connectivity index (χ0) is 12.1. The van der Waals surface area contributed by atoms with Gasteiger partial charge in [0.05, 0.1) is 19.2 Å². The number of nitrogens with zero attached hydrogens (tertiary/aromatic N) is 1. The molecule has 2 aliphatic heterocycles. The third-order valence-corrected chi connectivity index (χ3v) is 3.94. The summed E-state index contributed by atoms with van der Waals surface area (Å²) in [5.74, 6) is 0.691. The Morgan fingerprint density at radius 1 is 1.24 bits per heavy atom. The maximum atomic E-state index is 12.3. The molecule has 4 heteroatoms. The highest BCUT2D eigenvalue weighted by Crippen LogP contribution is 2.19. The lowest BCUT2D eigenvalue weighted by atomic mass is 9.95. The predicted octanol–water partition coefficient (Wildman–Crippen LogP) is -0.0127. The molecule has 2 rings (SSSR count). The van der Waals surface area contributed by atoms with Gasteiger partial charge in [0.15, 0.2) is 0 Å². The molecule has 0 aromatic heterocycles. The van der Waals surface area contributed by atoms with Gasteiger partial charge in [0.25, 0.3) is 0 Å². The summed E-state index contributed by atoms with van der Waals surface area (Å²) in [5, 5.41) is 2.31. The van der Waals surface area contributed by atoms with E-state index in [-0.39, 0.29) is 0 Å². The maximum absolute atomic E-state index is 12.3. The van der Waals surface area contributed by atoms with Crippen molar-refractivity contribution in [3.05, 3.63) is 0 Å². The van der Waals surface area contributed by atoms with Crippen molar-refractivity contribution in [2.75, 3.05) is 32.8 Å². The van der Waals surface area contributed by atoms with Crippen LogP contribution in [0, 0.1) is 5.92 Å². The largest absolute Gasteiger partial charge is 0.378 e. The smallest absolute Gasteiger partial charge is 0.226 e. The van der Waals surface area contributed by atoms with Crippen LogP contribution in [0.2, 0.25) is 0 Å². The van der Waals surface area contributed by atoms with E-state index < -0.39 is 0 Å². The van der Waals surface area contributed by atoms with Crippen LogP contribution in [0.1, 0.15) is 32.6 Å². The van der Waals surface area contributed by atoms with E-state index in [1.165, 1.54) is 0 Å². The van der Waals surface area contributed by atoms with Gasteiger partial charge in [-0.25, -0.2) is 0 Å². The Balaban J connectivity index is 1.77. The van der Waals surface area contributed by atoms with Crippen LogP contribution in [-0.2, 0) is 9.53 Å². The minimum atomic E-state index is 0.295. The van der Waals surface area contributed by atoms with Gasteiger partial charge in [-0.2, -0.15) is 0 Å². The molecule has 0 radical (unpaired) electrons. The molecule has 0 saturated carbocycles. The molecule has 0 aromatic carbocycles. The van der Waals surface area contributed by atoms with Gasteiger partial charge >= 0.3 is 0 Å². The summed E-state index contributed by atoms with van der Waals surface area (Å²) in [7, 11) is 0. The average molecular weight is 241 g/mol. The summed E-state index contributed by atoms with van der Waals surface area (Å²) < 4.78 is 5.61. The number of hydrogen-bond donors (Lipinski definition) is 1. The molecule has 0 spiro atoms. The Morgan fingerprint density at radius 3 is 2.47 bits per heavy atom. The molecule has 0 aromatic rings. The monoisotopic (exact) mass is 241 g/mol. The standard InChI is InChI=1S/C13H24N2O2/c1-2-17-12-5-9-15(10-6-12)13(16)11-3-7-14-8-4-11/h11-12,14H,2-10H2,1H3/p+1. The van der Waals surface area contributed by atoms with E-state index in [1.807, 2.05) is 6.92 Å². The van der Waals surface area contributed by atoms with Gasteiger partial charge < -0.3 is 15.0 Å². The van der Waals surface area contributed by atoms with Gasteiger partial charge in [0.2, 0.25) is 5.91 Å². The van der Waals surface area contributed by atoms with Gasteiger partial charge in [-0.15, -0.1) is 0 Å². The summed E-state index contributed by atoms with van der Waals surface area (Å²) in [6, 6.07) is 0. The highest BCUT2D eigenvalue weighted by Gasteiger charge is 2.30. The van der Waals surface area contributed by atoms with Crippen molar-refractivity contribution in [1.29, 1.82) is 0 Å². The van der Waals surface area contributed by atoms with E-state index >= 15 is 0 Å². The fourth-order valence-corrected chi connectivity index (χ4v) is 2.91. The topological polar surface area (TPSA) is 46.1 Å². The Labute approximate surface area is 104 Å². The van der Waals surface area contributed by atoms with Gasteiger partial charge in [-0.3, -0.25) is 4.79 Å². The van der Waals surface area contributed by atoms with Crippen molar-refractivity contribution in [1.82, 2.24) is 4.90 Å². The Hall–Kier alpha value is -0.610. The minimum absolute atomic E-state index is 0.295. The molecule has 17 heavy (non-hydrogen) atoms. The first-order valence-corrected chi connectivity index (χ1v) is 7.03. The predicted molar refractivity (Wildman–Crippen MR) is 65.6 cm³/mol. The van der Waals surface area contributed by atoms with Crippen molar-refractivity contribution < 1.29 is 14.8 Å². The number of likely N-dealkylation sites (tertiary alicyclic amines) is 1. The highest BCUT2D eigenvalue weighted by atomic mass is 16.5. The molecule has 0 aliphatic carbocycles. The third-order valence-electron chi connectivity index (χ3n) is 3.94. The molecule has 2 fully saturated rings. The Kier molecular flexibility index (Phi) is 4.80. The van der Waals surface area contributed by atoms with Gasteiger partial charge in [-0.05, 0) is 19.8 Å². The van der Waals surface area contributed by atoms with Crippen LogP contribution in [0.15, 0.2) is 0 Å². The lowest BCUT2D eigenvalue weighted by molar-refractivity contribution is -0.664. The van der Waals surface area contributed by atoms with E-state index in [2.05, 4.69) is 10.2 Å². The molecular weight excluding hydrogens is 216 g/mol. The number of amides is 1. The summed E-state index contributed by atoms with van der Waals surface area (Å²) in [5.41, 5.74) is 0. The second-order valence-corrected chi connectivity index (χ2v) is 5.12. The quantitative estimate of drug-likeness (QED) is 0.755. The summed E-state index contributed by atoms with van der Waals surface area (Å²) >= 11 is 0. The molecule has 2 heterocycles. The molecule has 2 N–H and O–H groups in total. The van der Waals surface area contributed by atoms with Crippen molar-refractivity contribution >= 4 is 5.91 Å². The molecule has 0 unspecified atom stereocenters. The van der Waals surface area contributed by atoms with Crippen molar-refractivity contribution in [2.24, 2.45) is 5.92 Å². The number of carbonyl (C=O) groups is 1.